The first-order valence-corrected chi connectivity index (χ1v) is 18.9. The van der Waals surface area contributed by atoms with Crippen LogP contribution in [0.25, 0.3) is 12.2 Å². The van der Waals surface area contributed by atoms with Crippen LogP contribution in [0.2, 0.25) is 0 Å². The third-order valence-electron chi connectivity index (χ3n) is 10.5. The Hall–Kier alpha value is -5.70. The molecule has 2 aliphatic heterocycles. The molecule has 0 bridgehead atoms. The summed E-state index contributed by atoms with van der Waals surface area (Å²) in [4.78, 5) is 51.6. The summed E-state index contributed by atoms with van der Waals surface area (Å²) in [6.45, 7) is -0.179. The summed E-state index contributed by atoms with van der Waals surface area (Å²) < 4.78 is 44.9. The second-order valence-electron chi connectivity index (χ2n) is 14.1. The lowest BCUT2D eigenvalue weighted by molar-refractivity contribution is -0.150. The number of ether oxygens (including phenoxy) is 8. The minimum atomic E-state index is -0.931. The first kappa shape index (κ1) is 40.0. The highest BCUT2D eigenvalue weighted by Crippen LogP contribution is 2.34. The molecular formula is C42H44N2O12. The number of fused-ring (bicyclic) bond motifs is 1. The number of carbonyl (C=O) groups is 4. The van der Waals surface area contributed by atoms with Crippen LogP contribution in [-0.2, 0) is 38.1 Å². The normalized spacial score (nSPS) is 22.9. The Labute approximate surface area is 324 Å². The van der Waals surface area contributed by atoms with Gasteiger partial charge in [0.05, 0.1) is 39.3 Å². The first-order valence-electron chi connectivity index (χ1n) is 18.9. The largest absolute Gasteiger partial charge is 0.496 e. The van der Waals surface area contributed by atoms with E-state index in [0.717, 1.165) is 64.2 Å². The highest BCUT2D eigenvalue weighted by molar-refractivity contribution is 5.99. The Morgan fingerprint density at radius 2 is 1.02 bits per heavy atom. The maximum Gasteiger partial charge on any atom is 0.349 e. The molecule has 4 atom stereocenters. The molecule has 0 unspecified atom stereocenters. The van der Waals surface area contributed by atoms with Crippen LogP contribution in [0.5, 0.6) is 23.0 Å². The van der Waals surface area contributed by atoms with E-state index < -0.39 is 36.4 Å². The summed E-state index contributed by atoms with van der Waals surface area (Å²) in [6, 6.07) is 13.0. The number of carbonyl (C=O) groups excluding carboxylic acids is 4. The van der Waals surface area contributed by atoms with Gasteiger partial charge in [-0.05, 0) is 62.1 Å². The van der Waals surface area contributed by atoms with E-state index >= 15 is 0 Å². The fourth-order valence-corrected chi connectivity index (χ4v) is 7.44. The number of methoxy groups -OCH3 is 2. The zero-order valence-electron chi connectivity index (χ0n) is 31.4. The molecule has 14 heteroatoms. The molecule has 0 N–H and O–H groups in total. The molecule has 4 fully saturated rings. The van der Waals surface area contributed by atoms with E-state index in [1.54, 1.807) is 24.3 Å². The van der Waals surface area contributed by atoms with E-state index in [4.69, 9.17) is 37.9 Å². The van der Waals surface area contributed by atoms with Crippen LogP contribution >= 0.6 is 0 Å². The topological polar surface area (TPSA) is 190 Å². The summed E-state index contributed by atoms with van der Waals surface area (Å²) >= 11 is 0. The molecule has 0 spiro atoms. The predicted octanol–water partition coefficient (Wildman–Crippen LogP) is 5.81. The lowest BCUT2D eigenvalue weighted by atomic mass is 9.89. The molecule has 2 aromatic rings. The molecule has 0 aromatic heterocycles. The zero-order valence-corrected chi connectivity index (χ0v) is 31.4. The van der Waals surface area contributed by atoms with Crippen molar-refractivity contribution in [2.45, 2.75) is 88.6 Å². The maximum absolute atomic E-state index is 13.2. The zero-order chi connectivity index (χ0) is 39.6. The molecule has 56 heavy (non-hydrogen) atoms. The van der Waals surface area contributed by atoms with Crippen molar-refractivity contribution in [2.24, 2.45) is 11.8 Å². The van der Waals surface area contributed by atoms with Crippen LogP contribution in [0.3, 0.4) is 0 Å². The molecule has 2 heterocycles. The van der Waals surface area contributed by atoms with Crippen molar-refractivity contribution in [2.75, 3.05) is 27.4 Å². The van der Waals surface area contributed by atoms with Gasteiger partial charge in [0.1, 0.15) is 58.5 Å². The molecule has 0 radical (unpaired) electrons. The molecule has 0 amide bonds. The molecule has 4 aliphatic rings. The maximum atomic E-state index is 13.2. The minimum Gasteiger partial charge on any atom is -0.496 e. The van der Waals surface area contributed by atoms with Crippen LogP contribution in [-0.4, -0.2) is 75.7 Å². The Morgan fingerprint density at radius 1 is 0.625 bits per heavy atom. The van der Waals surface area contributed by atoms with E-state index in [1.807, 2.05) is 12.1 Å². The fourth-order valence-electron chi connectivity index (χ4n) is 7.44. The Morgan fingerprint density at radius 3 is 1.38 bits per heavy atom. The van der Waals surface area contributed by atoms with Crippen molar-refractivity contribution in [3.63, 3.8) is 0 Å². The van der Waals surface area contributed by atoms with Gasteiger partial charge in [0.15, 0.2) is 12.2 Å². The van der Waals surface area contributed by atoms with Gasteiger partial charge >= 0.3 is 23.9 Å². The van der Waals surface area contributed by atoms with E-state index in [-0.39, 0.29) is 59.6 Å². The quantitative estimate of drug-likeness (QED) is 0.109. The lowest BCUT2D eigenvalue weighted by Crippen LogP contribution is -2.36. The van der Waals surface area contributed by atoms with Gasteiger partial charge in [-0.3, -0.25) is 9.59 Å². The number of rotatable bonds is 12. The molecule has 2 saturated heterocycles. The van der Waals surface area contributed by atoms with Gasteiger partial charge in [-0.2, -0.15) is 10.5 Å². The minimum absolute atomic E-state index is 0.0893. The van der Waals surface area contributed by atoms with Crippen molar-refractivity contribution in [3.05, 3.63) is 58.7 Å². The first-order chi connectivity index (χ1) is 27.2. The number of hydrogen-bond acceptors (Lipinski definition) is 14. The van der Waals surface area contributed by atoms with Gasteiger partial charge in [0.2, 0.25) is 0 Å². The van der Waals surface area contributed by atoms with Crippen LogP contribution in [0.4, 0.5) is 0 Å². The van der Waals surface area contributed by atoms with Gasteiger partial charge in [-0.25, -0.2) is 9.59 Å². The molecule has 294 valence electrons. The molecule has 2 aliphatic carbocycles. The standard InChI is InChI=1S/C42H44N2O12/c1-49-33-19-31(53-39(45)25-9-5-3-6-10-25)15-13-27(33)17-29(21-43)41(47)55-35-23-51-38-36(24-52-37(35)38)56-42(48)30(22-44)18-28-14-16-32(20-34(28)50-2)54-40(46)26-11-7-4-8-12-26/h13-20,25-26,35-38H,3-12,23-24H2,1-2H3/b29-17+,30-18+/t35-,36+,37-,38-/m1/s1. The monoisotopic (exact) mass is 768 g/mol. The molecule has 2 aromatic carbocycles. The van der Waals surface area contributed by atoms with E-state index in [0.29, 0.717) is 22.6 Å². The van der Waals surface area contributed by atoms with E-state index in [2.05, 4.69) is 0 Å². The summed E-state index contributed by atoms with van der Waals surface area (Å²) in [5.41, 5.74) is 0.121. The SMILES string of the molecule is COc1cc(OC(=O)C2CCCCC2)ccc1/C=C(\C#N)C(=O)O[C@H]1CO[C@H]2[C@@H]1OC[C@H]2OC(=O)/C(C#N)=C/c1ccc(OC(=O)C2CCCCC2)cc1OC. The molecule has 14 nitrogen and oxygen atoms in total. The van der Waals surface area contributed by atoms with Crippen molar-refractivity contribution in [3.8, 4) is 35.1 Å². The molecular weight excluding hydrogens is 724 g/mol. The third kappa shape index (κ3) is 9.56. The van der Waals surface area contributed by atoms with Crippen LogP contribution in [0.15, 0.2) is 47.5 Å². The summed E-state index contributed by atoms with van der Waals surface area (Å²) in [5, 5.41) is 19.7. The summed E-state index contributed by atoms with van der Waals surface area (Å²) in [7, 11) is 2.84. The van der Waals surface area contributed by atoms with Gasteiger partial charge < -0.3 is 37.9 Å². The lowest BCUT2D eigenvalue weighted by Gasteiger charge is -2.20. The van der Waals surface area contributed by atoms with E-state index in [9.17, 15) is 29.7 Å². The number of benzene rings is 2. The van der Waals surface area contributed by atoms with Gasteiger partial charge in [-0.15, -0.1) is 0 Å². The van der Waals surface area contributed by atoms with Gasteiger partial charge in [-0.1, -0.05) is 38.5 Å². The number of nitriles is 2. The summed E-state index contributed by atoms with van der Waals surface area (Å²) in [6.07, 6.45) is 8.54. The Kier molecular flexibility index (Phi) is 13.4. The smallest absolute Gasteiger partial charge is 0.349 e. The Balaban J connectivity index is 1.05. The average molecular weight is 769 g/mol. The molecule has 6 rings (SSSR count). The second-order valence-corrected chi connectivity index (χ2v) is 14.1. The van der Waals surface area contributed by atoms with Crippen molar-refractivity contribution in [1.29, 1.82) is 10.5 Å². The average Bonchev–Trinajstić information content (AvgIpc) is 3.82. The highest BCUT2D eigenvalue weighted by Gasteiger charge is 2.51. The molecule has 2 saturated carbocycles. The van der Waals surface area contributed by atoms with Crippen LogP contribution in [0.1, 0.15) is 75.3 Å². The van der Waals surface area contributed by atoms with Crippen molar-refractivity contribution < 1.29 is 57.1 Å². The third-order valence-corrected chi connectivity index (χ3v) is 10.5. The highest BCUT2D eigenvalue weighted by atomic mass is 16.7. The van der Waals surface area contributed by atoms with Crippen molar-refractivity contribution in [1.82, 2.24) is 0 Å². The van der Waals surface area contributed by atoms with Gasteiger partial charge in [0.25, 0.3) is 0 Å². The predicted molar refractivity (Wildman–Crippen MR) is 197 cm³/mol. The number of hydrogen-bond donors (Lipinski definition) is 0. The van der Waals surface area contributed by atoms with Crippen LogP contribution in [0, 0.1) is 34.5 Å². The van der Waals surface area contributed by atoms with E-state index in [1.165, 1.54) is 38.5 Å². The Bertz CT molecular complexity index is 1810. The summed E-state index contributed by atoms with van der Waals surface area (Å²) in [5.74, 6) is -1.59. The number of esters is 4. The van der Waals surface area contributed by atoms with Crippen LogP contribution < -0.4 is 18.9 Å². The second kappa shape index (κ2) is 18.8. The fraction of sp³-hybridized carbons (Fsp3) is 0.476. The van der Waals surface area contributed by atoms with Crippen molar-refractivity contribution >= 4 is 36.0 Å². The number of nitrogens with zero attached hydrogens (tertiary/aromatic N) is 2. The van der Waals surface area contributed by atoms with Gasteiger partial charge in [0, 0.05) is 23.3 Å².